The fourth-order valence-electron chi connectivity index (χ4n) is 2.59. The summed E-state index contributed by atoms with van der Waals surface area (Å²) in [6.45, 7) is 7.36. The summed E-state index contributed by atoms with van der Waals surface area (Å²) in [6.07, 6.45) is -0.668. The number of rotatable bonds is 5. The Morgan fingerprint density at radius 2 is 1.93 bits per heavy atom. The summed E-state index contributed by atoms with van der Waals surface area (Å²) in [7, 11) is 0. The molecule has 0 unspecified atom stereocenters. The lowest BCUT2D eigenvalue weighted by molar-refractivity contribution is -0.122. The molecule has 0 radical (unpaired) electrons. The van der Waals surface area contributed by atoms with Gasteiger partial charge in [0.15, 0.2) is 11.9 Å². The van der Waals surface area contributed by atoms with Crippen molar-refractivity contribution >= 4 is 23.2 Å². The van der Waals surface area contributed by atoms with Crippen molar-refractivity contribution < 1.29 is 9.53 Å². The molecule has 0 aliphatic heterocycles. The minimum Gasteiger partial charge on any atom is -0.481 e. The Morgan fingerprint density at radius 1 is 1.15 bits per heavy atom. The van der Waals surface area contributed by atoms with Gasteiger partial charge in [-0.2, -0.15) is 5.10 Å². The fraction of sp³-hybridized carbons (Fsp3) is 0.250. The Balaban J connectivity index is 1.74. The van der Waals surface area contributed by atoms with Crippen LogP contribution in [-0.2, 0) is 4.79 Å². The molecule has 0 saturated heterocycles. The lowest BCUT2D eigenvalue weighted by atomic mass is 10.1. The molecule has 0 aliphatic rings. The van der Waals surface area contributed by atoms with Gasteiger partial charge in [-0.1, -0.05) is 23.7 Å². The third-order valence-corrected chi connectivity index (χ3v) is 4.40. The van der Waals surface area contributed by atoms with E-state index in [-0.39, 0.29) is 5.91 Å². The Labute approximate surface area is 162 Å². The van der Waals surface area contributed by atoms with Crippen LogP contribution in [0.5, 0.6) is 5.75 Å². The van der Waals surface area contributed by atoms with E-state index in [4.69, 9.17) is 16.3 Å². The van der Waals surface area contributed by atoms with Crippen molar-refractivity contribution in [2.45, 2.75) is 33.8 Å². The molecular formula is C20H21ClN4O2. The molecule has 6 nitrogen and oxygen atoms in total. The van der Waals surface area contributed by atoms with Gasteiger partial charge in [0.05, 0.1) is 0 Å². The number of halogens is 1. The number of H-pyrrole nitrogens is 1. The van der Waals surface area contributed by atoms with Crippen LogP contribution in [0.2, 0.25) is 5.02 Å². The van der Waals surface area contributed by atoms with Gasteiger partial charge < -0.3 is 10.1 Å². The van der Waals surface area contributed by atoms with Crippen molar-refractivity contribution in [3.05, 3.63) is 58.4 Å². The van der Waals surface area contributed by atoms with E-state index in [0.29, 0.717) is 22.3 Å². The van der Waals surface area contributed by atoms with Crippen LogP contribution in [0.3, 0.4) is 0 Å². The zero-order valence-corrected chi connectivity index (χ0v) is 16.4. The highest BCUT2D eigenvalue weighted by Gasteiger charge is 2.17. The predicted molar refractivity (Wildman–Crippen MR) is 106 cm³/mol. The summed E-state index contributed by atoms with van der Waals surface area (Å²) in [5, 5.41) is 10.5. The number of nitrogens with zero attached hydrogens (tertiary/aromatic N) is 2. The normalized spacial score (nSPS) is 11.9. The van der Waals surface area contributed by atoms with E-state index in [1.54, 1.807) is 25.1 Å². The number of benzene rings is 2. The highest BCUT2D eigenvalue weighted by Crippen LogP contribution is 2.25. The first-order chi connectivity index (χ1) is 12.8. The Morgan fingerprint density at radius 3 is 2.59 bits per heavy atom. The molecule has 2 N–H and O–H groups in total. The van der Waals surface area contributed by atoms with Crippen LogP contribution in [0.1, 0.15) is 23.9 Å². The zero-order chi connectivity index (χ0) is 19.6. The van der Waals surface area contributed by atoms with Crippen LogP contribution in [0.25, 0.3) is 11.4 Å². The molecule has 1 aromatic heterocycles. The number of aromatic nitrogens is 3. The lowest BCUT2D eigenvalue weighted by Gasteiger charge is -2.17. The molecule has 0 bridgehead atoms. The van der Waals surface area contributed by atoms with Gasteiger partial charge in [-0.3, -0.25) is 9.89 Å². The van der Waals surface area contributed by atoms with Crippen LogP contribution >= 0.6 is 11.6 Å². The molecule has 7 heteroatoms. The summed E-state index contributed by atoms with van der Waals surface area (Å²) in [6, 6.07) is 11.0. The number of hydrogen-bond donors (Lipinski definition) is 2. The molecule has 0 saturated carbocycles. The molecular weight excluding hydrogens is 364 g/mol. The van der Waals surface area contributed by atoms with Crippen molar-refractivity contribution in [1.29, 1.82) is 0 Å². The third kappa shape index (κ3) is 4.46. The van der Waals surface area contributed by atoms with Crippen LogP contribution in [0.15, 0.2) is 36.4 Å². The smallest absolute Gasteiger partial charge is 0.265 e. The van der Waals surface area contributed by atoms with Crippen molar-refractivity contribution in [3.63, 3.8) is 0 Å². The van der Waals surface area contributed by atoms with Crippen LogP contribution in [0, 0.1) is 20.8 Å². The third-order valence-electron chi connectivity index (χ3n) is 4.16. The summed E-state index contributed by atoms with van der Waals surface area (Å²) < 4.78 is 5.79. The molecule has 1 amide bonds. The van der Waals surface area contributed by atoms with E-state index in [2.05, 4.69) is 20.5 Å². The van der Waals surface area contributed by atoms with Crippen molar-refractivity contribution in [2.24, 2.45) is 0 Å². The summed E-state index contributed by atoms with van der Waals surface area (Å²) in [5.74, 6) is 1.71. The SMILES string of the molecule is Cc1nc(-c2ccc(C)c(NC(=O)[C@@H](C)Oc3ccc(Cl)cc3C)c2)n[nH]1. The molecule has 2 aromatic carbocycles. The second kappa shape index (κ2) is 7.80. The number of hydrogen-bond acceptors (Lipinski definition) is 4. The molecule has 27 heavy (non-hydrogen) atoms. The monoisotopic (exact) mass is 384 g/mol. The van der Waals surface area contributed by atoms with Crippen molar-refractivity contribution in [1.82, 2.24) is 15.2 Å². The van der Waals surface area contributed by atoms with Gasteiger partial charge in [-0.25, -0.2) is 4.98 Å². The van der Waals surface area contributed by atoms with Gasteiger partial charge in [0.25, 0.3) is 5.91 Å². The van der Waals surface area contributed by atoms with Crippen molar-refractivity contribution in [2.75, 3.05) is 5.32 Å². The van der Waals surface area contributed by atoms with Crippen LogP contribution in [0.4, 0.5) is 5.69 Å². The van der Waals surface area contributed by atoms with E-state index in [1.807, 2.05) is 39.0 Å². The zero-order valence-electron chi connectivity index (χ0n) is 15.6. The van der Waals surface area contributed by atoms with Crippen molar-refractivity contribution in [3.8, 4) is 17.1 Å². The van der Waals surface area contributed by atoms with Gasteiger partial charge in [0, 0.05) is 16.3 Å². The molecule has 3 aromatic rings. The van der Waals surface area contributed by atoms with E-state index < -0.39 is 6.10 Å². The maximum atomic E-state index is 12.6. The van der Waals surface area contributed by atoms with Gasteiger partial charge in [-0.05, 0) is 63.1 Å². The molecule has 0 spiro atoms. The standard InChI is InChI=1S/C20H21ClN4O2/c1-11-5-6-15(19-22-14(4)24-25-19)10-17(11)23-20(26)13(3)27-18-8-7-16(21)9-12(18)2/h5-10,13H,1-4H3,(H,23,26)(H,22,24,25)/t13-/m1/s1. The van der Waals surface area contributed by atoms with Gasteiger partial charge in [0.2, 0.25) is 0 Å². The first kappa shape index (κ1) is 18.9. The number of ether oxygens (including phenoxy) is 1. The van der Waals surface area contributed by atoms with E-state index >= 15 is 0 Å². The molecule has 0 fully saturated rings. The Kier molecular flexibility index (Phi) is 5.46. The number of carbonyl (C=O) groups excluding carboxylic acids is 1. The molecule has 0 aliphatic carbocycles. The second-order valence-corrected chi connectivity index (χ2v) is 6.87. The largest absolute Gasteiger partial charge is 0.481 e. The van der Waals surface area contributed by atoms with Crippen LogP contribution in [-0.4, -0.2) is 27.2 Å². The maximum absolute atomic E-state index is 12.6. The fourth-order valence-corrected chi connectivity index (χ4v) is 2.82. The quantitative estimate of drug-likeness (QED) is 0.680. The molecule has 140 valence electrons. The van der Waals surface area contributed by atoms with E-state index in [0.717, 1.165) is 22.5 Å². The number of aryl methyl sites for hydroxylation is 3. The number of carbonyl (C=O) groups is 1. The maximum Gasteiger partial charge on any atom is 0.265 e. The molecule has 1 atom stereocenters. The first-order valence-electron chi connectivity index (χ1n) is 8.57. The minimum atomic E-state index is -0.668. The molecule has 3 rings (SSSR count). The first-order valence-corrected chi connectivity index (χ1v) is 8.95. The van der Waals surface area contributed by atoms with E-state index in [9.17, 15) is 4.79 Å². The summed E-state index contributed by atoms with van der Waals surface area (Å²) in [5.41, 5.74) is 3.33. The van der Waals surface area contributed by atoms with Gasteiger partial charge >= 0.3 is 0 Å². The minimum absolute atomic E-state index is 0.240. The summed E-state index contributed by atoms with van der Waals surface area (Å²) >= 11 is 5.96. The number of amides is 1. The number of aromatic amines is 1. The lowest BCUT2D eigenvalue weighted by Crippen LogP contribution is -2.30. The van der Waals surface area contributed by atoms with Gasteiger partial charge in [0.1, 0.15) is 11.6 Å². The average Bonchev–Trinajstić information content (AvgIpc) is 3.05. The summed E-state index contributed by atoms with van der Waals surface area (Å²) in [4.78, 5) is 16.9. The Hall–Kier alpha value is -2.86. The molecule has 1 heterocycles. The highest BCUT2D eigenvalue weighted by atomic mass is 35.5. The predicted octanol–water partition coefficient (Wildman–Crippen LogP) is 4.46. The number of anilines is 1. The number of nitrogens with one attached hydrogen (secondary N) is 2. The Bertz CT molecular complexity index is 984. The highest BCUT2D eigenvalue weighted by molar-refractivity contribution is 6.30. The van der Waals surface area contributed by atoms with E-state index in [1.165, 1.54) is 0 Å². The average molecular weight is 385 g/mol. The van der Waals surface area contributed by atoms with Crippen LogP contribution < -0.4 is 10.1 Å². The topological polar surface area (TPSA) is 79.9 Å². The van der Waals surface area contributed by atoms with Gasteiger partial charge in [-0.15, -0.1) is 0 Å². The second-order valence-electron chi connectivity index (χ2n) is 6.43.